The first-order chi connectivity index (χ1) is 10.2. The maximum atomic E-state index is 11.8. The van der Waals surface area contributed by atoms with Crippen LogP contribution in [0.25, 0.3) is 0 Å². The van der Waals surface area contributed by atoms with Crippen molar-refractivity contribution >= 4 is 34.1 Å². The lowest BCUT2D eigenvalue weighted by Gasteiger charge is -2.06. The molecule has 0 aliphatic carbocycles. The number of aromatic nitrogens is 5. The van der Waals surface area contributed by atoms with Crippen LogP contribution in [0.2, 0.25) is 0 Å². The molecule has 1 amide bonds. The third-order valence-electron chi connectivity index (χ3n) is 2.42. The first kappa shape index (κ1) is 15.7. The van der Waals surface area contributed by atoms with Crippen LogP contribution in [-0.4, -0.2) is 50.3 Å². The molecule has 0 unspecified atom stereocenters. The van der Waals surface area contributed by atoms with Crippen molar-refractivity contribution in [1.82, 2.24) is 30.3 Å². The van der Waals surface area contributed by atoms with Crippen LogP contribution in [0.4, 0.5) is 5.13 Å². The fraction of sp³-hybridized carbons (Fsp3) is 0.500. The lowest BCUT2D eigenvalue weighted by atomic mass is 10.5. The molecule has 0 bridgehead atoms. The Balaban J connectivity index is 1.74. The summed E-state index contributed by atoms with van der Waals surface area (Å²) in [5.74, 6) is 0.821. The molecule has 0 aliphatic heterocycles. The van der Waals surface area contributed by atoms with Crippen LogP contribution in [0.5, 0.6) is 0 Å². The summed E-state index contributed by atoms with van der Waals surface area (Å²) in [5, 5.41) is 18.5. The smallest absolute Gasteiger partial charge is 0.230 e. The fourth-order valence-electron chi connectivity index (χ4n) is 1.43. The van der Waals surface area contributed by atoms with Crippen LogP contribution in [0.15, 0.2) is 10.7 Å². The number of rotatable bonds is 8. The largest absolute Gasteiger partial charge is 0.383 e. The molecule has 11 heteroatoms. The summed E-state index contributed by atoms with van der Waals surface area (Å²) in [5.41, 5.74) is 5.47. The molecule has 9 nitrogen and oxygen atoms in total. The van der Waals surface area contributed by atoms with Crippen molar-refractivity contribution in [2.75, 3.05) is 25.2 Å². The number of methoxy groups -OCH3 is 1. The van der Waals surface area contributed by atoms with Gasteiger partial charge in [-0.1, -0.05) is 23.1 Å². The second kappa shape index (κ2) is 7.90. The summed E-state index contributed by atoms with van der Waals surface area (Å²) < 4.78 is 7.50. The van der Waals surface area contributed by atoms with Gasteiger partial charge in [-0.2, -0.15) is 0 Å². The van der Waals surface area contributed by atoms with Crippen molar-refractivity contribution in [3.05, 3.63) is 12.2 Å². The summed E-state index contributed by atoms with van der Waals surface area (Å²) in [7, 11) is 1.63. The van der Waals surface area contributed by atoms with Gasteiger partial charge in [-0.05, 0) is 0 Å². The molecule has 2 aromatic heterocycles. The Morgan fingerprint density at radius 3 is 3.10 bits per heavy atom. The fourth-order valence-corrected chi connectivity index (χ4v) is 2.89. The topological polar surface area (TPSA) is 121 Å². The molecule has 21 heavy (non-hydrogen) atoms. The van der Waals surface area contributed by atoms with E-state index in [2.05, 4.69) is 25.7 Å². The van der Waals surface area contributed by atoms with Gasteiger partial charge in [0.25, 0.3) is 0 Å². The van der Waals surface area contributed by atoms with Crippen molar-refractivity contribution in [2.24, 2.45) is 0 Å². The lowest BCUT2D eigenvalue weighted by molar-refractivity contribution is -0.118. The Morgan fingerprint density at radius 1 is 1.52 bits per heavy atom. The molecule has 3 N–H and O–H groups in total. The number of ether oxygens (including phenoxy) is 1. The Hall–Kier alpha value is -1.72. The number of nitrogen functional groups attached to an aromatic ring is 1. The summed E-state index contributed by atoms with van der Waals surface area (Å²) >= 11 is 2.55. The van der Waals surface area contributed by atoms with Gasteiger partial charge in [0.15, 0.2) is 10.2 Å². The zero-order chi connectivity index (χ0) is 15.1. The molecule has 0 aliphatic rings. The van der Waals surface area contributed by atoms with E-state index in [1.807, 2.05) is 4.57 Å². The first-order valence-corrected chi connectivity index (χ1v) is 7.83. The Bertz CT molecular complexity index is 585. The van der Waals surface area contributed by atoms with Crippen molar-refractivity contribution in [1.29, 1.82) is 0 Å². The van der Waals surface area contributed by atoms with Crippen molar-refractivity contribution in [3.63, 3.8) is 0 Å². The highest BCUT2D eigenvalue weighted by molar-refractivity contribution is 8.01. The normalized spacial score (nSPS) is 10.7. The van der Waals surface area contributed by atoms with E-state index < -0.39 is 0 Å². The third kappa shape index (κ3) is 4.95. The molecule has 2 rings (SSSR count). The molecule has 0 saturated heterocycles. The standard InChI is InChI=1S/C10H15N7O2S2/c1-19-3-2-17-6-13-14-7(17)4-12-8(18)5-20-10-16-15-9(11)21-10/h6H,2-5H2,1H3,(H2,11,15)(H,12,18). The SMILES string of the molecule is COCCn1cnnc1CNC(=O)CSc1nnc(N)s1. The molecule has 0 saturated carbocycles. The Morgan fingerprint density at radius 2 is 2.38 bits per heavy atom. The minimum absolute atomic E-state index is 0.116. The van der Waals surface area contributed by atoms with Gasteiger partial charge < -0.3 is 20.4 Å². The van der Waals surface area contributed by atoms with Crippen LogP contribution in [0.3, 0.4) is 0 Å². The van der Waals surface area contributed by atoms with E-state index in [4.69, 9.17) is 10.5 Å². The van der Waals surface area contributed by atoms with Crippen LogP contribution in [-0.2, 0) is 22.6 Å². The number of carbonyl (C=O) groups excluding carboxylic acids is 1. The average Bonchev–Trinajstić information content (AvgIpc) is 3.09. The monoisotopic (exact) mass is 329 g/mol. The van der Waals surface area contributed by atoms with Gasteiger partial charge in [0, 0.05) is 13.7 Å². The highest BCUT2D eigenvalue weighted by atomic mass is 32.2. The van der Waals surface area contributed by atoms with Gasteiger partial charge in [-0.25, -0.2) is 0 Å². The second-order valence-corrected chi connectivity index (χ2v) is 6.14. The van der Waals surface area contributed by atoms with Crippen LogP contribution < -0.4 is 11.1 Å². The molecule has 114 valence electrons. The second-order valence-electron chi connectivity index (χ2n) is 3.90. The number of anilines is 1. The molecular weight excluding hydrogens is 314 g/mol. The van der Waals surface area contributed by atoms with E-state index in [0.29, 0.717) is 35.0 Å². The third-order valence-corrected chi connectivity index (χ3v) is 4.31. The molecule has 0 atom stereocenters. The maximum absolute atomic E-state index is 11.8. The van der Waals surface area contributed by atoms with Crippen molar-refractivity contribution in [2.45, 2.75) is 17.4 Å². The molecule has 0 aromatic carbocycles. The number of hydrogen-bond donors (Lipinski definition) is 2. The van der Waals surface area contributed by atoms with E-state index in [0.717, 1.165) is 0 Å². The highest BCUT2D eigenvalue weighted by Gasteiger charge is 2.09. The number of carbonyl (C=O) groups is 1. The average molecular weight is 329 g/mol. The quantitative estimate of drug-likeness (QED) is 0.637. The van der Waals surface area contributed by atoms with E-state index in [1.165, 1.54) is 23.1 Å². The van der Waals surface area contributed by atoms with E-state index in [9.17, 15) is 4.79 Å². The zero-order valence-corrected chi connectivity index (χ0v) is 13.0. The molecule has 0 fully saturated rings. The van der Waals surface area contributed by atoms with Gasteiger partial charge in [0.05, 0.1) is 18.9 Å². The molecule has 0 spiro atoms. The minimum atomic E-state index is -0.116. The van der Waals surface area contributed by atoms with Gasteiger partial charge in [0.2, 0.25) is 11.0 Å². The number of nitrogens with two attached hydrogens (primary N) is 1. The summed E-state index contributed by atoms with van der Waals surface area (Å²) in [6.07, 6.45) is 1.61. The Kier molecular flexibility index (Phi) is 5.90. The Labute approximate surface area is 129 Å². The van der Waals surface area contributed by atoms with Crippen LogP contribution in [0.1, 0.15) is 5.82 Å². The van der Waals surface area contributed by atoms with Crippen molar-refractivity contribution in [3.8, 4) is 0 Å². The predicted molar refractivity (Wildman–Crippen MR) is 78.8 cm³/mol. The lowest BCUT2D eigenvalue weighted by Crippen LogP contribution is -2.26. The van der Waals surface area contributed by atoms with Crippen LogP contribution in [0, 0.1) is 0 Å². The van der Waals surface area contributed by atoms with Gasteiger partial charge in [-0.15, -0.1) is 20.4 Å². The minimum Gasteiger partial charge on any atom is -0.383 e. The van der Waals surface area contributed by atoms with Gasteiger partial charge in [0.1, 0.15) is 6.33 Å². The predicted octanol–water partition coefficient (Wildman–Crippen LogP) is -0.233. The maximum Gasteiger partial charge on any atom is 0.230 e. The van der Waals surface area contributed by atoms with Crippen molar-refractivity contribution < 1.29 is 9.53 Å². The number of nitrogens with one attached hydrogen (secondary N) is 1. The number of thioether (sulfide) groups is 1. The summed E-state index contributed by atoms with van der Waals surface area (Å²) in [4.78, 5) is 11.8. The van der Waals surface area contributed by atoms with E-state index in [-0.39, 0.29) is 11.7 Å². The first-order valence-electron chi connectivity index (χ1n) is 6.03. The summed E-state index contributed by atoms with van der Waals surface area (Å²) in [6, 6.07) is 0. The van der Waals surface area contributed by atoms with Gasteiger partial charge in [-0.3, -0.25) is 4.79 Å². The molecule has 2 heterocycles. The molecule has 2 aromatic rings. The number of amides is 1. The number of hydrogen-bond acceptors (Lipinski definition) is 9. The zero-order valence-electron chi connectivity index (χ0n) is 11.4. The molecule has 0 radical (unpaired) electrons. The summed E-state index contributed by atoms with van der Waals surface area (Å²) in [6.45, 7) is 1.53. The van der Waals surface area contributed by atoms with E-state index >= 15 is 0 Å². The van der Waals surface area contributed by atoms with Crippen LogP contribution >= 0.6 is 23.1 Å². The van der Waals surface area contributed by atoms with E-state index in [1.54, 1.807) is 13.4 Å². The highest BCUT2D eigenvalue weighted by Crippen LogP contribution is 2.22. The molecular formula is C10H15N7O2S2. The van der Waals surface area contributed by atoms with Gasteiger partial charge >= 0.3 is 0 Å². The number of nitrogens with zero attached hydrogens (tertiary/aromatic N) is 5.